The second kappa shape index (κ2) is 8.70. The minimum Gasteiger partial charge on any atom is -0.469 e. The molecule has 144 valence electrons. The van der Waals surface area contributed by atoms with Gasteiger partial charge in [-0.1, -0.05) is 13.8 Å². The summed E-state index contributed by atoms with van der Waals surface area (Å²) in [7, 11) is 4.35. The van der Waals surface area contributed by atoms with Crippen molar-refractivity contribution in [2.75, 3.05) is 40.3 Å². The summed E-state index contributed by atoms with van der Waals surface area (Å²) in [6.45, 7) is 13.1. The third-order valence-electron chi connectivity index (χ3n) is 5.42. The van der Waals surface area contributed by atoms with Crippen LogP contribution in [-0.4, -0.2) is 50.8 Å². The molecule has 1 aromatic rings. The molecular formula is C21H38N2O2. The fraction of sp³-hybridized carbons (Fsp3) is 0.810. The maximum Gasteiger partial charge on any atom is 0.107 e. The summed E-state index contributed by atoms with van der Waals surface area (Å²) in [5, 5.41) is 3.76. The predicted octanol–water partition coefficient (Wildman–Crippen LogP) is 4.14. The van der Waals surface area contributed by atoms with Gasteiger partial charge < -0.3 is 19.4 Å². The molecule has 4 heteroatoms. The summed E-state index contributed by atoms with van der Waals surface area (Å²) in [4.78, 5) is 2.32. The van der Waals surface area contributed by atoms with Gasteiger partial charge in [0.15, 0.2) is 0 Å². The Balaban J connectivity index is 1.90. The van der Waals surface area contributed by atoms with Gasteiger partial charge in [0.2, 0.25) is 0 Å². The summed E-state index contributed by atoms with van der Waals surface area (Å²) in [6, 6.07) is 4.10. The van der Waals surface area contributed by atoms with Gasteiger partial charge in [-0.15, -0.1) is 0 Å². The fourth-order valence-electron chi connectivity index (χ4n) is 4.52. The van der Waals surface area contributed by atoms with Crippen LogP contribution in [0, 0.1) is 11.3 Å². The van der Waals surface area contributed by atoms with Crippen LogP contribution in [0.4, 0.5) is 0 Å². The Morgan fingerprint density at radius 2 is 2.04 bits per heavy atom. The van der Waals surface area contributed by atoms with Crippen LogP contribution < -0.4 is 5.32 Å². The molecule has 1 aliphatic heterocycles. The molecule has 25 heavy (non-hydrogen) atoms. The first-order valence-corrected chi connectivity index (χ1v) is 9.76. The summed E-state index contributed by atoms with van der Waals surface area (Å²) in [5.41, 5.74) is 0.272. The number of ether oxygens (including phenoxy) is 1. The zero-order valence-electron chi connectivity index (χ0n) is 17.1. The first kappa shape index (κ1) is 20.5. The Labute approximate surface area is 154 Å². The minimum absolute atomic E-state index is 0.0232. The van der Waals surface area contributed by atoms with Crippen LogP contribution in [0.3, 0.4) is 0 Å². The molecule has 0 saturated carbocycles. The largest absolute Gasteiger partial charge is 0.469 e. The molecule has 0 amide bonds. The van der Waals surface area contributed by atoms with E-state index in [0.717, 1.165) is 51.3 Å². The lowest BCUT2D eigenvalue weighted by atomic mass is 9.73. The number of nitrogens with zero attached hydrogens (tertiary/aromatic N) is 1. The highest BCUT2D eigenvalue weighted by Gasteiger charge is 2.40. The molecule has 1 aliphatic rings. The smallest absolute Gasteiger partial charge is 0.107 e. The van der Waals surface area contributed by atoms with Crippen molar-refractivity contribution >= 4 is 0 Å². The zero-order valence-corrected chi connectivity index (χ0v) is 17.1. The van der Waals surface area contributed by atoms with E-state index in [4.69, 9.17) is 9.15 Å². The van der Waals surface area contributed by atoms with Crippen LogP contribution in [0.25, 0.3) is 0 Å². The quantitative estimate of drug-likeness (QED) is 0.679. The van der Waals surface area contributed by atoms with Crippen molar-refractivity contribution in [3.8, 4) is 0 Å². The molecule has 2 heterocycles. The molecular weight excluding hydrogens is 312 g/mol. The third-order valence-corrected chi connectivity index (χ3v) is 5.42. The van der Waals surface area contributed by atoms with Crippen molar-refractivity contribution in [3.63, 3.8) is 0 Å². The topological polar surface area (TPSA) is 37.6 Å². The SMILES string of the molecule is CC(C)[C@@H](CCNC[C@@]1(CN(C)C)CCOC(C)(C)C1)c1ccco1. The number of furan rings is 1. The van der Waals surface area contributed by atoms with Gasteiger partial charge in [-0.3, -0.25) is 0 Å². The Hall–Kier alpha value is -0.840. The van der Waals surface area contributed by atoms with Gasteiger partial charge in [-0.05, 0) is 71.8 Å². The van der Waals surface area contributed by atoms with E-state index in [9.17, 15) is 0 Å². The highest BCUT2D eigenvalue weighted by Crippen LogP contribution is 2.39. The van der Waals surface area contributed by atoms with Crippen LogP contribution in [0.1, 0.15) is 58.6 Å². The molecule has 0 bridgehead atoms. The molecule has 1 N–H and O–H groups in total. The lowest BCUT2D eigenvalue weighted by Gasteiger charge is -2.46. The molecule has 1 saturated heterocycles. The number of hydrogen-bond donors (Lipinski definition) is 1. The minimum atomic E-state index is -0.0232. The van der Waals surface area contributed by atoms with Crippen LogP contribution in [0.15, 0.2) is 22.8 Å². The van der Waals surface area contributed by atoms with Gasteiger partial charge in [-0.25, -0.2) is 0 Å². The van der Waals surface area contributed by atoms with Gasteiger partial charge >= 0.3 is 0 Å². The van der Waals surface area contributed by atoms with E-state index >= 15 is 0 Å². The van der Waals surface area contributed by atoms with Crippen molar-refractivity contribution in [1.82, 2.24) is 10.2 Å². The number of hydrogen-bond acceptors (Lipinski definition) is 4. The van der Waals surface area contributed by atoms with Crippen LogP contribution in [-0.2, 0) is 4.74 Å². The van der Waals surface area contributed by atoms with Crippen LogP contribution >= 0.6 is 0 Å². The third kappa shape index (κ3) is 6.12. The van der Waals surface area contributed by atoms with E-state index in [2.05, 4.69) is 58.1 Å². The van der Waals surface area contributed by atoms with Gasteiger partial charge in [0.25, 0.3) is 0 Å². The van der Waals surface area contributed by atoms with Crippen molar-refractivity contribution in [2.45, 2.75) is 58.5 Å². The van der Waals surface area contributed by atoms with E-state index < -0.39 is 0 Å². The van der Waals surface area contributed by atoms with Crippen molar-refractivity contribution < 1.29 is 9.15 Å². The lowest BCUT2D eigenvalue weighted by Crippen LogP contribution is -2.51. The van der Waals surface area contributed by atoms with Crippen molar-refractivity contribution in [2.24, 2.45) is 11.3 Å². The fourth-order valence-corrected chi connectivity index (χ4v) is 4.52. The summed E-state index contributed by atoms with van der Waals surface area (Å²) in [6.07, 6.45) is 5.14. The lowest BCUT2D eigenvalue weighted by molar-refractivity contribution is -0.109. The standard InChI is InChI=1S/C21H38N2O2/c1-17(2)18(19-8-7-12-24-19)9-11-22-15-21(16-23(5)6)10-13-25-20(3,4)14-21/h7-8,12,17-18,22H,9-11,13-16H2,1-6H3/t18-,21-/m1/s1. The summed E-state index contributed by atoms with van der Waals surface area (Å²) >= 11 is 0. The second-order valence-electron chi connectivity index (χ2n) is 9.10. The van der Waals surface area contributed by atoms with Crippen LogP contribution in [0.2, 0.25) is 0 Å². The molecule has 2 rings (SSSR count). The highest BCUT2D eigenvalue weighted by atomic mass is 16.5. The van der Waals surface area contributed by atoms with Gasteiger partial charge in [0, 0.05) is 31.0 Å². The second-order valence-corrected chi connectivity index (χ2v) is 9.10. The summed E-state index contributed by atoms with van der Waals surface area (Å²) in [5.74, 6) is 2.19. The Morgan fingerprint density at radius 3 is 2.60 bits per heavy atom. The molecule has 0 aromatic carbocycles. The molecule has 0 aliphatic carbocycles. The average molecular weight is 351 g/mol. The van der Waals surface area contributed by atoms with E-state index in [0.29, 0.717) is 17.3 Å². The first-order chi connectivity index (χ1) is 11.7. The Kier molecular flexibility index (Phi) is 7.12. The Morgan fingerprint density at radius 1 is 1.28 bits per heavy atom. The maximum atomic E-state index is 5.97. The molecule has 0 radical (unpaired) electrons. The molecule has 1 fully saturated rings. The van der Waals surface area contributed by atoms with Gasteiger partial charge in [0.1, 0.15) is 5.76 Å². The number of rotatable bonds is 9. The van der Waals surface area contributed by atoms with Crippen molar-refractivity contribution in [3.05, 3.63) is 24.2 Å². The van der Waals surface area contributed by atoms with E-state index in [1.807, 2.05) is 6.07 Å². The molecule has 0 unspecified atom stereocenters. The monoisotopic (exact) mass is 350 g/mol. The summed E-state index contributed by atoms with van der Waals surface area (Å²) < 4.78 is 11.6. The molecule has 1 aromatic heterocycles. The number of nitrogens with one attached hydrogen (secondary N) is 1. The van der Waals surface area contributed by atoms with E-state index in [-0.39, 0.29) is 5.60 Å². The average Bonchev–Trinajstić information content (AvgIpc) is 2.98. The van der Waals surface area contributed by atoms with Gasteiger partial charge in [0.05, 0.1) is 11.9 Å². The predicted molar refractivity (Wildman–Crippen MR) is 104 cm³/mol. The molecule has 4 nitrogen and oxygen atoms in total. The van der Waals surface area contributed by atoms with E-state index in [1.165, 1.54) is 0 Å². The molecule has 2 atom stereocenters. The van der Waals surface area contributed by atoms with Crippen LogP contribution in [0.5, 0.6) is 0 Å². The van der Waals surface area contributed by atoms with E-state index in [1.54, 1.807) is 6.26 Å². The molecule has 0 spiro atoms. The highest BCUT2D eigenvalue weighted by molar-refractivity contribution is 5.06. The van der Waals surface area contributed by atoms with Crippen molar-refractivity contribution in [1.29, 1.82) is 0 Å². The normalized spacial score (nSPS) is 24.8. The zero-order chi connectivity index (χ0) is 18.5. The first-order valence-electron chi connectivity index (χ1n) is 9.76. The maximum absolute atomic E-state index is 5.97. The Bertz CT molecular complexity index is 496. The van der Waals surface area contributed by atoms with Gasteiger partial charge in [-0.2, -0.15) is 0 Å².